The van der Waals surface area contributed by atoms with Crippen LogP contribution in [0.3, 0.4) is 0 Å². The number of nitrogens with zero attached hydrogens (tertiary/aromatic N) is 4. The molecule has 2 aromatic heterocycles. The lowest BCUT2D eigenvalue weighted by Gasteiger charge is -2.40. The number of aliphatic hydroxyl groups excluding tert-OH is 1. The van der Waals surface area contributed by atoms with Crippen molar-refractivity contribution in [1.82, 2.24) is 19.9 Å². The first-order chi connectivity index (χ1) is 17.4. The molecule has 1 atom stereocenters. The van der Waals surface area contributed by atoms with E-state index in [1.807, 2.05) is 24.4 Å². The average molecular weight is 510 g/mol. The van der Waals surface area contributed by atoms with Gasteiger partial charge in [0.1, 0.15) is 5.75 Å². The first kappa shape index (κ1) is 24.9. The van der Waals surface area contributed by atoms with Crippen LogP contribution in [0.15, 0.2) is 36.7 Å². The maximum atomic E-state index is 9.94. The molecule has 1 aromatic carbocycles. The highest BCUT2D eigenvalue weighted by Gasteiger charge is 2.35. The van der Waals surface area contributed by atoms with Gasteiger partial charge < -0.3 is 19.9 Å². The van der Waals surface area contributed by atoms with E-state index >= 15 is 0 Å². The summed E-state index contributed by atoms with van der Waals surface area (Å²) in [7, 11) is 3.37. The quantitative estimate of drug-likeness (QED) is 0.443. The number of anilines is 2. The zero-order chi connectivity index (χ0) is 25.3. The molecule has 3 heterocycles. The number of aryl methyl sites for hydroxylation is 1. The lowest BCUT2D eigenvalue weighted by atomic mass is 9.85. The summed E-state index contributed by atoms with van der Waals surface area (Å²) in [5.41, 5.74) is 5.32. The van der Waals surface area contributed by atoms with Gasteiger partial charge in [-0.3, -0.25) is 9.88 Å². The SMILES string of the molecule is COCCN1CC(c2cc(OC)c(Nc3nccc(-c4cnc5c(c4)C(C)(CO)CC5)n3)cc2Cl)C1. The predicted octanol–water partition coefficient (Wildman–Crippen LogP) is 4.19. The number of aromatic nitrogens is 3. The highest BCUT2D eigenvalue weighted by Crippen LogP contribution is 2.40. The molecule has 1 saturated heterocycles. The van der Waals surface area contributed by atoms with Crippen molar-refractivity contribution in [3.8, 4) is 17.0 Å². The predicted molar refractivity (Wildman–Crippen MR) is 140 cm³/mol. The number of halogens is 1. The molecule has 0 radical (unpaired) electrons. The molecule has 3 aromatic rings. The van der Waals surface area contributed by atoms with Crippen molar-refractivity contribution in [3.63, 3.8) is 0 Å². The molecule has 0 amide bonds. The van der Waals surface area contributed by atoms with Crippen LogP contribution in [0.25, 0.3) is 11.3 Å². The molecule has 2 aliphatic rings. The number of hydrogen-bond acceptors (Lipinski definition) is 8. The van der Waals surface area contributed by atoms with Gasteiger partial charge in [-0.05, 0) is 48.2 Å². The number of likely N-dealkylation sites (tertiary alicyclic amines) is 1. The summed E-state index contributed by atoms with van der Waals surface area (Å²) in [6.07, 6.45) is 5.34. The monoisotopic (exact) mass is 509 g/mol. The Morgan fingerprint density at radius 1 is 1.22 bits per heavy atom. The van der Waals surface area contributed by atoms with Crippen LogP contribution in [-0.2, 0) is 16.6 Å². The molecule has 0 spiro atoms. The Bertz CT molecular complexity index is 1250. The van der Waals surface area contributed by atoms with Crippen LogP contribution in [0.5, 0.6) is 5.75 Å². The van der Waals surface area contributed by atoms with Crippen molar-refractivity contribution < 1.29 is 14.6 Å². The van der Waals surface area contributed by atoms with Crippen LogP contribution in [0.1, 0.15) is 36.1 Å². The van der Waals surface area contributed by atoms with E-state index in [4.69, 9.17) is 26.1 Å². The fourth-order valence-corrected chi connectivity index (χ4v) is 5.38. The number of benzene rings is 1. The number of nitrogens with one attached hydrogen (secondary N) is 1. The molecule has 5 rings (SSSR count). The van der Waals surface area contributed by atoms with Gasteiger partial charge in [0.25, 0.3) is 0 Å². The van der Waals surface area contributed by atoms with Gasteiger partial charge in [-0.2, -0.15) is 0 Å². The largest absolute Gasteiger partial charge is 0.495 e. The van der Waals surface area contributed by atoms with Crippen LogP contribution in [0.2, 0.25) is 5.02 Å². The van der Waals surface area contributed by atoms with Gasteiger partial charge in [-0.1, -0.05) is 18.5 Å². The van der Waals surface area contributed by atoms with Crippen molar-refractivity contribution in [2.45, 2.75) is 31.1 Å². The van der Waals surface area contributed by atoms with Crippen molar-refractivity contribution in [2.24, 2.45) is 0 Å². The molecule has 8 nitrogen and oxygen atoms in total. The minimum absolute atomic E-state index is 0.101. The summed E-state index contributed by atoms with van der Waals surface area (Å²) in [4.78, 5) is 16.1. The summed E-state index contributed by atoms with van der Waals surface area (Å²) < 4.78 is 10.9. The first-order valence-electron chi connectivity index (χ1n) is 12.2. The second-order valence-corrected chi connectivity index (χ2v) is 10.3. The lowest BCUT2D eigenvalue weighted by molar-refractivity contribution is 0.0942. The molecule has 1 unspecified atom stereocenters. The topological polar surface area (TPSA) is 92.6 Å². The molecule has 0 bridgehead atoms. The number of hydrogen-bond donors (Lipinski definition) is 2. The van der Waals surface area contributed by atoms with Crippen LogP contribution in [0.4, 0.5) is 11.6 Å². The van der Waals surface area contributed by atoms with E-state index < -0.39 is 0 Å². The second kappa shape index (κ2) is 10.3. The molecule has 1 aliphatic heterocycles. The fraction of sp³-hybridized carbons (Fsp3) is 0.444. The van der Waals surface area contributed by atoms with E-state index in [0.29, 0.717) is 28.3 Å². The minimum Gasteiger partial charge on any atom is -0.495 e. The zero-order valence-corrected chi connectivity index (χ0v) is 21.7. The highest BCUT2D eigenvalue weighted by atomic mass is 35.5. The van der Waals surface area contributed by atoms with Crippen molar-refractivity contribution in [3.05, 3.63) is 58.5 Å². The Kier molecular flexibility index (Phi) is 7.12. The van der Waals surface area contributed by atoms with Gasteiger partial charge in [0.05, 0.1) is 31.7 Å². The summed E-state index contributed by atoms with van der Waals surface area (Å²) in [6.45, 7) is 5.74. The molecule has 9 heteroatoms. The zero-order valence-electron chi connectivity index (χ0n) is 20.9. The van der Waals surface area contributed by atoms with E-state index in [9.17, 15) is 5.11 Å². The summed E-state index contributed by atoms with van der Waals surface area (Å²) >= 11 is 6.70. The average Bonchev–Trinajstić information content (AvgIpc) is 3.21. The molecule has 36 heavy (non-hydrogen) atoms. The van der Waals surface area contributed by atoms with Gasteiger partial charge in [0.15, 0.2) is 0 Å². The lowest BCUT2D eigenvalue weighted by Crippen LogP contribution is -2.46. The number of fused-ring (bicyclic) bond motifs is 1. The van der Waals surface area contributed by atoms with E-state index in [-0.39, 0.29) is 12.0 Å². The highest BCUT2D eigenvalue weighted by molar-refractivity contribution is 6.31. The smallest absolute Gasteiger partial charge is 0.227 e. The van der Waals surface area contributed by atoms with Crippen molar-refractivity contribution in [1.29, 1.82) is 0 Å². The van der Waals surface area contributed by atoms with Crippen LogP contribution < -0.4 is 10.1 Å². The molecule has 2 N–H and O–H groups in total. The molecule has 190 valence electrons. The molecule has 0 saturated carbocycles. The van der Waals surface area contributed by atoms with E-state index in [1.54, 1.807) is 20.4 Å². The number of rotatable bonds is 9. The number of ether oxygens (including phenoxy) is 2. The van der Waals surface area contributed by atoms with Gasteiger partial charge in [0, 0.05) is 66.8 Å². The van der Waals surface area contributed by atoms with Crippen LogP contribution in [0, 0.1) is 0 Å². The van der Waals surface area contributed by atoms with E-state index in [2.05, 4.69) is 33.2 Å². The van der Waals surface area contributed by atoms with Crippen LogP contribution in [-0.4, -0.2) is 72.0 Å². The maximum absolute atomic E-state index is 9.94. The Labute approximate surface area is 216 Å². The second-order valence-electron chi connectivity index (χ2n) is 9.85. The fourth-order valence-electron chi connectivity index (χ4n) is 5.07. The van der Waals surface area contributed by atoms with Crippen LogP contribution >= 0.6 is 11.6 Å². The molecule has 1 fully saturated rings. The molecular weight excluding hydrogens is 478 g/mol. The summed E-state index contributed by atoms with van der Waals surface area (Å²) in [5, 5.41) is 13.9. The van der Waals surface area contributed by atoms with E-state index in [0.717, 1.165) is 67.2 Å². The molecule has 1 aliphatic carbocycles. The maximum Gasteiger partial charge on any atom is 0.227 e. The number of methoxy groups -OCH3 is 2. The third kappa shape index (κ3) is 4.78. The molecular formula is C27H32ClN5O3. The normalized spacial score (nSPS) is 19.7. The Morgan fingerprint density at radius 3 is 2.81 bits per heavy atom. The van der Waals surface area contributed by atoms with Gasteiger partial charge in [0.2, 0.25) is 5.95 Å². The number of pyridine rings is 1. The van der Waals surface area contributed by atoms with Gasteiger partial charge in [-0.25, -0.2) is 9.97 Å². The van der Waals surface area contributed by atoms with E-state index in [1.165, 1.54) is 0 Å². The van der Waals surface area contributed by atoms with Crippen molar-refractivity contribution in [2.75, 3.05) is 52.4 Å². The number of aliphatic hydroxyl groups is 1. The standard InChI is InChI=1S/C27H32ClN5O3/c1-27(16-34)6-4-23-20(27)10-17(13-30-23)22-5-7-29-26(31-22)32-24-12-21(28)19(11-25(24)36-3)18-14-33(15-18)8-9-35-2/h5,7,10-13,18,34H,4,6,8-9,14-16H2,1-3H3,(H,29,31,32). The summed E-state index contributed by atoms with van der Waals surface area (Å²) in [6, 6.07) is 7.84. The van der Waals surface area contributed by atoms with Gasteiger partial charge in [-0.15, -0.1) is 0 Å². The Balaban J connectivity index is 1.36. The third-order valence-electron chi connectivity index (χ3n) is 7.41. The Morgan fingerprint density at radius 2 is 2.06 bits per heavy atom. The minimum atomic E-state index is -0.264. The third-order valence-corrected chi connectivity index (χ3v) is 7.74. The summed E-state index contributed by atoms with van der Waals surface area (Å²) in [5.74, 6) is 1.50. The first-order valence-corrected chi connectivity index (χ1v) is 12.6. The van der Waals surface area contributed by atoms with Crippen molar-refractivity contribution >= 4 is 23.2 Å². The van der Waals surface area contributed by atoms with Gasteiger partial charge >= 0.3 is 0 Å². The Hall–Kier alpha value is -2.78.